The van der Waals surface area contributed by atoms with Crippen molar-refractivity contribution in [1.29, 1.82) is 0 Å². The molecule has 19 nitrogen and oxygen atoms in total. The van der Waals surface area contributed by atoms with Gasteiger partial charge in [-0.1, -0.05) is 6.07 Å². The Morgan fingerprint density at radius 1 is 0.855 bits per heavy atom. The molecule has 4 saturated heterocycles. The Bertz CT molecular complexity index is 2720. The van der Waals surface area contributed by atoms with Crippen LogP contribution in [-0.4, -0.2) is 189 Å². The lowest BCUT2D eigenvalue weighted by Crippen LogP contribution is -2.59. The molecule has 2 unspecified atom stereocenters. The second kappa shape index (κ2) is 22.8. The molecule has 6 fully saturated rings. The fraction of sp³-hybridized carbons (Fsp3) is 0.660. The number of carbonyl (C=O) groups excluding carboxylic acids is 5. The van der Waals surface area contributed by atoms with E-state index in [1.165, 1.54) is 12.4 Å². The molecule has 5 amide bonds. The molecule has 3 N–H and O–H groups in total. The van der Waals surface area contributed by atoms with E-state index >= 15 is 0 Å². The van der Waals surface area contributed by atoms with Crippen LogP contribution >= 0.6 is 0 Å². The summed E-state index contributed by atoms with van der Waals surface area (Å²) in [7, 11) is 0.101. The van der Waals surface area contributed by atoms with Crippen LogP contribution in [0.3, 0.4) is 0 Å². The van der Waals surface area contributed by atoms with Crippen molar-refractivity contribution in [2.75, 3.05) is 65.2 Å². The largest absolute Gasteiger partial charge is 0.416 e. The first kappa shape index (κ1) is 55.2. The van der Waals surface area contributed by atoms with Gasteiger partial charge in [0.05, 0.1) is 40.4 Å². The molecule has 6 heterocycles. The van der Waals surface area contributed by atoms with Crippen molar-refractivity contribution in [2.24, 2.45) is 11.8 Å². The quantitative estimate of drug-likeness (QED) is 0.209. The summed E-state index contributed by atoms with van der Waals surface area (Å²) in [6.45, 7) is 8.69. The van der Waals surface area contributed by atoms with Gasteiger partial charge in [0.15, 0.2) is 0 Å². The monoisotopic (exact) mass is 1080 g/mol. The van der Waals surface area contributed by atoms with E-state index in [0.29, 0.717) is 70.3 Å². The van der Waals surface area contributed by atoms with Crippen molar-refractivity contribution in [1.82, 2.24) is 54.4 Å². The molecule has 0 bridgehead atoms. The van der Waals surface area contributed by atoms with Crippen LogP contribution in [0.25, 0.3) is 10.9 Å². The molecule has 23 heteroatoms. The van der Waals surface area contributed by atoms with Gasteiger partial charge in [-0.3, -0.25) is 33.9 Å². The molecular weight excluding hydrogens is 1010 g/mol. The number of piperidine rings is 1. The number of amides is 5. The van der Waals surface area contributed by atoms with Gasteiger partial charge in [-0.05, 0) is 122 Å². The number of pyridine rings is 1. The van der Waals surface area contributed by atoms with Gasteiger partial charge in [0.25, 0.3) is 0 Å². The molecule has 3 aromatic rings. The maximum atomic E-state index is 14.2. The van der Waals surface area contributed by atoms with E-state index in [2.05, 4.69) is 61.6 Å². The van der Waals surface area contributed by atoms with E-state index in [9.17, 15) is 45.6 Å². The molecule has 2 aliphatic carbocycles. The van der Waals surface area contributed by atoms with Gasteiger partial charge < -0.3 is 35.6 Å². The van der Waals surface area contributed by atoms with Gasteiger partial charge in [-0.15, -0.1) is 0 Å². The summed E-state index contributed by atoms with van der Waals surface area (Å²) in [5.41, 5.74) is 0.236. The van der Waals surface area contributed by atoms with Gasteiger partial charge in [0.1, 0.15) is 24.2 Å². The number of alkyl halides is 3. The number of sulfonamides is 1. The predicted octanol–water partition coefficient (Wildman–Crippen LogP) is 4.02. The van der Waals surface area contributed by atoms with Crippen molar-refractivity contribution in [2.45, 2.75) is 151 Å². The second-order valence-electron chi connectivity index (χ2n) is 22.2. The van der Waals surface area contributed by atoms with Gasteiger partial charge in [0, 0.05) is 101 Å². The Morgan fingerprint density at radius 3 is 2.25 bits per heavy atom. The Morgan fingerprint density at radius 2 is 1.58 bits per heavy atom. The lowest BCUT2D eigenvalue weighted by Gasteiger charge is -2.45. The van der Waals surface area contributed by atoms with Gasteiger partial charge in [-0.25, -0.2) is 18.4 Å². The number of likely N-dealkylation sites (tertiary alicyclic amines) is 3. The van der Waals surface area contributed by atoms with Crippen LogP contribution in [0.5, 0.6) is 0 Å². The standard InChI is InChI=1S/C53H73F3N12O7S/c1-32(2)63(4)38-13-15-45(68-22-18-43(52(68)73)61-48-40-27-36(53(54,55)56)10-14-42(40)58-31-59-48)44(28-38)62-49(70)34-8-11-37(12-9-34)65-23-25-67(26-24-65)76(74,75)39-16-20-66(21-17-39)51(72)33(3)60-50(71)41-29-46(69)64(5)47(41)35-7-6-19-57-30-35/h6-7,10,14,19,27,30-34,37-39,41,43-45,47H,8-9,11-13,15-18,20-26,28-29H2,1-5H3,(H,60,71)(H,62,70)(H,58,59,61)/t33-,34-,37+,38?,41-,43-,44+,45?,47+/m0/s1. The number of aromatic nitrogens is 3. The minimum Gasteiger partial charge on any atom is -0.358 e. The molecule has 2 saturated carbocycles. The molecule has 0 radical (unpaired) electrons. The zero-order valence-corrected chi connectivity index (χ0v) is 44.9. The molecular formula is C53H73F3N12O7S. The van der Waals surface area contributed by atoms with Gasteiger partial charge in [-0.2, -0.15) is 17.5 Å². The van der Waals surface area contributed by atoms with Crippen LogP contribution in [0.4, 0.5) is 19.0 Å². The average Bonchev–Trinajstić information content (AvgIpc) is 3.95. The molecule has 7 atom stereocenters. The third-order valence-electron chi connectivity index (χ3n) is 17.5. The Labute approximate surface area is 443 Å². The fourth-order valence-electron chi connectivity index (χ4n) is 12.8. The number of carbonyl (C=O) groups is 5. The first-order valence-electron chi connectivity index (χ1n) is 27.1. The molecule has 6 aliphatic rings. The van der Waals surface area contributed by atoms with Crippen LogP contribution in [0.15, 0.2) is 49.1 Å². The summed E-state index contributed by atoms with van der Waals surface area (Å²) in [5.74, 6) is -1.79. The number of rotatable bonds is 14. The number of hydrogen-bond donors (Lipinski definition) is 3. The highest BCUT2D eigenvalue weighted by Gasteiger charge is 2.47. The summed E-state index contributed by atoms with van der Waals surface area (Å²) in [5, 5.41) is 8.93. The third-order valence-corrected chi connectivity index (χ3v) is 19.9. The molecule has 76 heavy (non-hydrogen) atoms. The van der Waals surface area contributed by atoms with Crippen LogP contribution in [0, 0.1) is 11.8 Å². The Hall–Kier alpha value is -5.52. The van der Waals surface area contributed by atoms with E-state index in [0.717, 1.165) is 37.0 Å². The normalized spacial score (nSPS) is 28.1. The highest BCUT2D eigenvalue weighted by atomic mass is 32.2. The number of nitrogens with one attached hydrogen (secondary N) is 3. The van der Waals surface area contributed by atoms with Crippen LogP contribution in [0.2, 0.25) is 0 Å². The highest BCUT2D eigenvalue weighted by Crippen LogP contribution is 2.38. The fourth-order valence-corrected chi connectivity index (χ4v) is 14.7. The minimum absolute atomic E-state index is 0.0197. The Kier molecular flexibility index (Phi) is 16.6. The van der Waals surface area contributed by atoms with Crippen molar-refractivity contribution in [3.8, 4) is 0 Å². The van der Waals surface area contributed by atoms with Crippen molar-refractivity contribution in [3.05, 3.63) is 60.2 Å². The van der Waals surface area contributed by atoms with Gasteiger partial charge in [0.2, 0.25) is 39.6 Å². The van der Waals surface area contributed by atoms with Crippen LogP contribution < -0.4 is 16.0 Å². The average molecular weight is 1080 g/mol. The topological polar surface area (TPSA) is 214 Å². The second-order valence-corrected chi connectivity index (χ2v) is 24.4. The van der Waals surface area contributed by atoms with Crippen molar-refractivity contribution in [3.63, 3.8) is 0 Å². The maximum Gasteiger partial charge on any atom is 0.416 e. The lowest BCUT2D eigenvalue weighted by atomic mass is 9.82. The lowest BCUT2D eigenvalue weighted by molar-refractivity contribution is -0.138. The SMILES string of the molecule is CC(C)N(C)C1CCC(N2CC[C@H](Nc3ncnc4ccc(C(F)(F)F)cc34)C2=O)[C@H](NC(=O)[C@H]2CC[C@@H](N3CCN(S(=O)(=O)C4CCN(C(=O)[C@H](C)NC(=O)[C@H]5CC(=O)N(C)[C@@H]5c5cccnc5)CC4)CC3)CC2)C1. The number of nitrogens with zero attached hydrogens (tertiary/aromatic N) is 9. The number of benzene rings is 1. The zero-order valence-electron chi connectivity index (χ0n) is 44.1. The first-order chi connectivity index (χ1) is 36.2. The number of anilines is 1. The molecule has 1 aromatic carbocycles. The smallest absolute Gasteiger partial charge is 0.358 e. The van der Waals surface area contributed by atoms with E-state index in [-0.39, 0.29) is 103 Å². The number of fused-ring (bicyclic) bond motifs is 1. The zero-order chi connectivity index (χ0) is 54.2. The van der Waals surface area contributed by atoms with E-state index in [1.54, 1.807) is 46.5 Å². The van der Waals surface area contributed by atoms with Crippen LogP contribution in [-0.2, 0) is 40.2 Å². The number of halogens is 3. The summed E-state index contributed by atoms with van der Waals surface area (Å²) < 4.78 is 70.5. The predicted molar refractivity (Wildman–Crippen MR) is 277 cm³/mol. The first-order valence-corrected chi connectivity index (χ1v) is 28.6. The van der Waals surface area contributed by atoms with Crippen molar-refractivity contribution >= 4 is 56.3 Å². The molecule has 4 aliphatic heterocycles. The number of piperazine rings is 1. The van der Waals surface area contributed by atoms with Crippen LogP contribution in [0.1, 0.15) is 109 Å². The summed E-state index contributed by atoms with van der Waals surface area (Å²) in [6.07, 6.45) is 6.13. The summed E-state index contributed by atoms with van der Waals surface area (Å²) in [4.78, 5) is 90.3. The minimum atomic E-state index is -4.56. The molecule has 9 rings (SSSR count). The maximum absolute atomic E-state index is 14.2. The van der Waals surface area contributed by atoms with E-state index < -0.39 is 57.0 Å². The molecule has 0 spiro atoms. The molecule has 414 valence electrons. The summed E-state index contributed by atoms with van der Waals surface area (Å²) >= 11 is 0. The summed E-state index contributed by atoms with van der Waals surface area (Å²) in [6, 6.07) is 4.91. The highest BCUT2D eigenvalue weighted by molar-refractivity contribution is 7.89. The van der Waals surface area contributed by atoms with E-state index in [4.69, 9.17) is 0 Å². The molecule has 2 aromatic heterocycles. The number of hydrogen-bond acceptors (Lipinski definition) is 13. The van der Waals surface area contributed by atoms with Gasteiger partial charge >= 0.3 is 6.18 Å². The van der Waals surface area contributed by atoms with Crippen molar-refractivity contribution < 1.29 is 45.6 Å². The third kappa shape index (κ3) is 11.7. The van der Waals surface area contributed by atoms with E-state index in [1.807, 2.05) is 11.0 Å². The Balaban J connectivity index is 0.739.